The number of nitrogens with zero attached hydrogens (tertiary/aromatic N) is 3. The van der Waals surface area contributed by atoms with E-state index in [1.807, 2.05) is 26.1 Å². The number of rotatable bonds is 5. The molecule has 1 heterocycles. The van der Waals surface area contributed by atoms with Crippen molar-refractivity contribution in [3.05, 3.63) is 36.4 Å². The first-order chi connectivity index (χ1) is 11.3. The maximum absolute atomic E-state index is 5.31. The maximum Gasteiger partial charge on any atom is 0.193 e. The van der Waals surface area contributed by atoms with Crippen LogP contribution < -0.4 is 15.0 Å². The molecule has 0 atom stereocenters. The monoisotopic (exact) mass is 316 g/mol. The fourth-order valence-corrected chi connectivity index (χ4v) is 2.75. The first kappa shape index (κ1) is 17.2. The summed E-state index contributed by atoms with van der Waals surface area (Å²) in [4.78, 5) is 9.12. The predicted octanol–water partition coefficient (Wildman–Crippen LogP) is 2.36. The van der Waals surface area contributed by atoms with E-state index in [1.165, 1.54) is 5.69 Å². The van der Waals surface area contributed by atoms with Gasteiger partial charge in [-0.05, 0) is 25.5 Å². The summed E-state index contributed by atoms with van der Waals surface area (Å²) in [5.74, 6) is 1.91. The minimum atomic E-state index is 0.909. The zero-order chi connectivity index (χ0) is 16.5. The van der Waals surface area contributed by atoms with Crippen LogP contribution in [0.15, 0.2) is 41.4 Å². The van der Waals surface area contributed by atoms with Crippen molar-refractivity contribution in [1.29, 1.82) is 0 Å². The van der Waals surface area contributed by atoms with Gasteiger partial charge in [-0.3, -0.25) is 4.99 Å². The minimum Gasteiger partial charge on any atom is -0.497 e. The van der Waals surface area contributed by atoms with Crippen molar-refractivity contribution in [1.82, 2.24) is 10.2 Å². The van der Waals surface area contributed by atoms with Crippen molar-refractivity contribution in [3.63, 3.8) is 0 Å². The predicted molar refractivity (Wildman–Crippen MR) is 97.6 cm³/mol. The normalized spacial score (nSPS) is 16.0. The summed E-state index contributed by atoms with van der Waals surface area (Å²) >= 11 is 0. The second-order valence-corrected chi connectivity index (χ2v) is 5.51. The van der Waals surface area contributed by atoms with Crippen molar-refractivity contribution < 1.29 is 4.74 Å². The Balaban J connectivity index is 1.86. The van der Waals surface area contributed by atoms with Crippen LogP contribution in [0.25, 0.3) is 0 Å². The highest BCUT2D eigenvalue weighted by Crippen LogP contribution is 2.22. The molecule has 0 bridgehead atoms. The molecule has 1 aromatic rings. The maximum atomic E-state index is 5.31. The third kappa shape index (κ3) is 4.91. The summed E-state index contributed by atoms with van der Waals surface area (Å²) in [6.45, 7) is 6.90. The van der Waals surface area contributed by atoms with Crippen molar-refractivity contribution in [2.75, 3.05) is 51.8 Å². The van der Waals surface area contributed by atoms with Gasteiger partial charge in [0.05, 0.1) is 7.11 Å². The molecule has 1 N–H and O–H groups in total. The molecule has 1 aliphatic rings. The summed E-state index contributed by atoms with van der Waals surface area (Å²) in [5, 5.41) is 3.43. The van der Waals surface area contributed by atoms with Crippen LogP contribution in [0.5, 0.6) is 5.75 Å². The van der Waals surface area contributed by atoms with Gasteiger partial charge < -0.3 is 19.9 Å². The lowest BCUT2D eigenvalue weighted by Crippen LogP contribution is -2.52. The lowest BCUT2D eigenvalue weighted by atomic mass is 10.2. The second-order valence-electron chi connectivity index (χ2n) is 5.51. The van der Waals surface area contributed by atoms with Gasteiger partial charge in [0.2, 0.25) is 0 Å². The van der Waals surface area contributed by atoms with Crippen LogP contribution in [-0.2, 0) is 0 Å². The molecule has 5 heteroatoms. The van der Waals surface area contributed by atoms with E-state index in [4.69, 9.17) is 4.74 Å². The van der Waals surface area contributed by atoms with Gasteiger partial charge in [-0.1, -0.05) is 18.2 Å². The lowest BCUT2D eigenvalue weighted by Gasteiger charge is -2.37. The van der Waals surface area contributed by atoms with Crippen LogP contribution in [0, 0.1) is 0 Å². The molecule has 0 aliphatic carbocycles. The van der Waals surface area contributed by atoms with Gasteiger partial charge in [-0.15, -0.1) is 0 Å². The first-order valence-electron chi connectivity index (χ1n) is 8.24. The zero-order valence-electron chi connectivity index (χ0n) is 14.5. The molecule has 2 rings (SSSR count). The number of allylic oxidation sites excluding steroid dienone is 1. The Morgan fingerprint density at radius 2 is 2.09 bits per heavy atom. The van der Waals surface area contributed by atoms with Crippen molar-refractivity contribution in [2.45, 2.75) is 13.3 Å². The third-order valence-corrected chi connectivity index (χ3v) is 4.04. The van der Waals surface area contributed by atoms with Gasteiger partial charge in [0.25, 0.3) is 0 Å². The average Bonchev–Trinajstić information content (AvgIpc) is 2.62. The summed E-state index contributed by atoms with van der Waals surface area (Å²) in [7, 11) is 3.56. The van der Waals surface area contributed by atoms with Crippen LogP contribution in [0.2, 0.25) is 0 Å². The molecular weight excluding hydrogens is 288 g/mol. The Hall–Kier alpha value is -2.17. The van der Waals surface area contributed by atoms with Crippen LogP contribution in [0.1, 0.15) is 13.3 Å². The van der Waals surface area contributed by atoms with E-state index in [1.54, 1.807) is 7.11 Å². The number of nitrogens with one attached hydrogen (secondary N) is 1. The van der Waals surface area contributed by atoms with E-state index in [0.29, 0.717) is 0 Å². The van der Waals surface area contributed by atoms with Crippen molar-refractivity contribution >= 4 is 11.6 Å². The largest absolute Gasteiger partial charge is 0.497 e. The molecule has 23 heavy (non-hydrogen) atoms. The van der Waals surface area contributed by atoms with Gasteiger partial charge in [-0.2, -0.15) is 0 Å². The van der Waals surface area contributed by atoms with Crippen LogP contribution in [0.3, 0.4) is 0 Å². The number of benzene rings is 1. The fraction of sp³-hybridized carbons (Fsp3) is 0.500. The van der Waals surface area contributed by atoms with E-state index < -0.39 is 0 Å². The van der Waals surface area contributed by atoms with Crippen LogP contribution >= 0.6 is 0 Å². The number of hydrogen-bond acceptors (Lipinski definition) is 3. The fourth-order valence-electron chi connectivity index (χ4n) is 2.75. The van der Waals surface area contributed by atoms with Gasteiger partial charge in [0.15, 0.2) is 5.96 Å². The van der Waals surface area contributed by atoms with Crippen LogP contribution in [-0.4, -0.2) is 57.7 Å². The van der Waals surface area contributed by atoms with Crippen LogP contribution in [0.4, 0.5) is 5.69 Å². The molecule has 0 radical (unpaired) electrons. The van der Waals surface area contributed by atoms with Gasteiger partial charge >= 0.3 is 0 Å². The topological polar surface area (TPSA) is 40.1 Å². The average molecular weight is 316 g/mol. The highest BCUT2D eigenvalue weighted by atomic mass is 16.5. The lowest BCUT2D eigenvalue weighted by molar-refractivity contribution is 0.372. The Morgan fingerprint density at radius 1 is 1.30 bits per heavy atom. The summed E-state index contributed by atoms with van der Waals surface area (Å²) in [5.41, 5.74) is 1.22. The zero-order valence-corrected chi connectivity index (χ0v) is 14.5. The molecule has 0 aromatic heterocycles. The molecule has 1 aromatic carbocycles. The van der Waals surface area contributed by atoms with E-state index in [9.17, 15) is 0 Å². The standard InChI is InChI=1S/C18H28N4O/c1-4-5-6-10-20-18(19-2)22-13-11-21(12-14-22)16-8-7-9-17(15-16)23-3/h4-5,7-9,15H,6,10-14H2,1-3H3,(H,19,20). The highest BCUT2D eigenvalue weighted by molar-refractivity contribution is 5.80. The number of ether oxygens (including phenoxy) is 1. The Kier molecular flexibility index (Phi) is 6.78. The first-order valence-corrected chi connectivity index (χ1v) is 8.24. The number of methoxy groups -OCH3 is 1. The molecule has 126 valence electrons. The van der Waals surface area contributed by atoms with E-state index >= 15 is 0 Å². The van der Waals surface area contributed by atoms with E-state index in [0.717, 1.165) is 50.9 Å². The molecular formula is C18H28N4O. The number of hydrogen-bond donors (Lipinski definition) is 1. The SMILES string of the molecule is CC=CCCNC(=NC)N1CCN(c2cccc(OC)c2)CC1. The number of piperazine rings is 1. The Bertz CT molecular complexity index is 534. The summed E-state index contributed by atoms with van der Waals surface area (Å²) < 4.78 is 5.31. The second kappa shape index (κ2) is 9.08. The highest BCUT2D eigenvalue weighted by Gasteiger charge is 2.19. The quantitative estimate of drug-likeness (QED) is 0.392. The smallest absolute Gasteiger partial charge is 0.193 e. The molecule has 0 unspecified atom stereocenters. The Morgan fingerprint density at radius 3 is 2.74 bits per heavy atom. The van der Waals surface area contributed by atoms with Crippen molar-refractivity contribution in [2.24, 2.45) is 4.99 Å². The van der Waals surface area contributed by atoms with E-state index in [-0.39, 0.29) is 0 Å². The van der Waals surface area contributed by atoms with Crippen molar-refractivity contribution in [3.8, 4) is 5.75 Å². The summed E-state index contributed by atoms with van der Waals surface area (Å²) in [6, 6.07) is 8.26. The summed E-state index contributed by atoms with van der Waals surface area (Å²) in [6.07, 6.45) is 5.28. The number of guanidine groups is 1. The number of anilines is 1. The molecule has 0 amide bonds. The molecule has 0 spiro atoms. The van der Waals surface area contributed by atoms with Gasteiger partial charge in [0.1, 0.15) is 5.75 Å². The molecule has 1 fully saturated rings. The molecule has 5 nitrogen and oxygen atoms in total. The van der Waals surface area contributed by atoms with Gasteiger partial charge in [0, 0.05) is 51.5 Å². The number of aliphatic imine (C=N–C) groups is 1. The molecule has 1 saturated heterocycles. The van der Waals surface area contributed by atoms with Gasteiger partial charge in [-0.25, -0.2) is 0 Å². The molecule has 0 saturated carbocycles. The third-order valence-electron chi connectivity index (χ3n) is 4.04. The minimum absolute atomic E-state index is 0.909. The molecule has 1 aliphatic heterocycles. The Labute approximate surface area is 139 Å². The van der Waals surface area contributed by atoms with E-state index in [2.05, 4.69) is 44.4 Å².